The number of unbranched alkanes of at least 4 members (excludes halogenated alkanes) is 4. The van der Waals surface area contributed by atoms with E-state index in [0.29, 0.717) is 23.5 Å². The van der Waals surface area contributed by atoms with Crippen LogP contribution in [0.1, 0.15) is 106 Å². The van der Waals surface area contributed by atoms with E-state index in [1.165, 1.54) is 37.0 Å². The summed E-state index contributed by atoms with van der Waals surface area (Å²) in [6, 6.07) is 18.2. The number of nitrogens with one attached hydrogen (secondary N) is 2. The average molecular weight is 711 g/mol. The number of carbonyl (C=O) groups excluding carboxylic acids is 2. The minimum absolute atomic E-state index is 0.115. The van der Waals surface area contributed by atoms with Gasteiger partial charge in [0.05, 0.1) is 11.5 Å². The van der Waals surface area contributed by atoms with Crippen molar-refractivity contribution in [3.05, 3.63) is 88.4 Å². The Morgan fingerprint density at radius 3 is 2.12 bits per heavy atom. The van der Waals surface area contributed by atoms with Crippen LogP contribution >= 0.6 is 11.3 Å². The minimum Gasteiger partial charge on any atom is -0.494 e. The Bertz CT molecular complexity index is 1760. The first-order chi connectivity index (χ1) is 24.5. The molecule has 51 heavy (non-hydrogen) atoms. The van der Waals surface area contributed by atoms with Gasteiger partial charge in [0.15, 0.2) is 5.82 Å². The van der Waals surface area contributed by atoms with Crippen LogP contribution in [0.2, 0.25) is 0 Å². The number of nitrogens with zero attached hydrogens (tertiary/aromatic N) is 2. The maximum Gasteiger partial charge on any atom is 0.329 e. The maximum atomic E-state index is 13.7. The minimum atomic E-state index is -1.32. The molecule has 0 spiro atoms. The van der Waals surface area contributed by atoms with E-state index in [9.17, 15) is 19.5 Å². The number of aromatic nitrogens is 2. The van der Waals surface area contributed by atoms with Crippen molar-refractivity contribution in [3.8, 4) is 28.3 Å². The van der Waals surface area contributed by atoms with Crippen LogP contribution in [0.15, 0.2) is 73.1 Å². The van der Waals surface area contributed by atoms with Crippen LogP contribution in [0.3, 0.4) is 0 Å². The standard InChI is InChI=1S/C41H50N4O5S/c1-5-6-7-8-11-24-50-32-18-16-29(17-19-32)31-26-42-36(43-27-31)30-14-12-28(13-15-30)25-33(37(46)45-41(39(48)49)22-9-10-23-41)44-38(47)34-20-21-35(51-34)40(2,3)4/h12-21,26-27,33H,5-11,22-25H2,1-4H3,(H,44,47)(H,45,46)(H,48,49). The Hall–Kier alpha value is -4.57. The third kappa shape index (κ3) is 10.0. The van der Waals surface area contributed by atoms with E-state index in [0.717, 1.165) is 58.7 Å². The highest BCUT2D eigenvalue weighted by molar-refractivity contribution is 7.14. The molecule has 3 N–H and O–H groups in total. The Kier molecular flexibility index (Phi) is 12.6. The molecule has 2 amide bonds. The number of rotatable bonds is 16. The molecule has 2 aromatic carbocycles. The van der Waals surface area contributed by atoms with E-state index in [2.05, 4.69) is 48.3 Å². The van der Waals surface area contributed by atoms with E-state index in [1.54, 1.807) is 18.5 Å². The van der Waals surface area contributed by atoms with Gasteiger partial charge in [-0.15, -0.1) is 11.3 Å². The van der Waals surface area contributed by atoms with E-state index < -0.39 is 23.5 Å². The van der Waals surface area contributed by atoms with Gasteiger partial charge in [-0.05, 0) is 60.1 Å². The number of amides is 2. The van der Waals surface area contributed by atoms with Gasteiger partial charge in [0.1, 0.15) is 17.3 Å². The van der Waals surface area contributed by atoms with E-state index in [1.807, 2.05) is 54.6 Å². The molecule has 0 aliphatic heterocycles. The SMILES string of the molecule is CCCCCCCOc1ccc(-c2cnc(-c3ccc(CC(NC(=O)c4ccc(C(C)(C)C)s4)C(=O)NC4(C(=O)O)CCCC4)cc3)nc2)cc1. The molecule has 0 saturated heterocycles. The molecule has 1 unspecified atom stereocenters. The van der Waals surface area contributed by atoms with Gasteiger partial charge in [0.25, 0.3) is 5.91 Å². The van der Waals surface area contributed by atoms with Crippen molar-refractivity contribution in [2.24, 2.45) is 0 Å². The fraction of sp³-hybridized carbons (Fsp3) is 0.439. The van der Waals surface area contributed by atoms with Gasteiger partial charge in [-0.3, -0.25) is 9.59 Å². The Labute approximate surface area is 305 Å². The van der Waals surface area contributed by atoms with Gasteiger partial charge in [-0.2, -0.15) is 0 Å². The maximum absolute atomic E-state index is 13.7. The van der Waals surface area contributed by atoms with Crippen LogP contribution in [-0.2, 0) is 21.4 Å². The van der Waals surface area contributed by atoms with Crippen LogP contribution in [0.5, 0.6) is 5.75 Å². The summed E-state index contributed by atoms with van der Waals surface area (Å²) >= 11 is 1.39. The van der Waals surface area contributed by atoms with E-state index in [-0.39, 0.29) is 17.7 Å². The smallest absolute Gasteiger partial charge is 0.329 e. The zero-order chi connectivity index (χ0) is 36.4. The van der Waals surface area contributed by atoms with E-state index in [4.69, 9.17) is 4.74 Å². The van der Waals surface area contributed by atoms with Gasteiger partial charge in [-0.1, -0.05) is 103 Å². The van der Waals surface area contributed by atoms with Gasteiger partial charge in [-0.25, -0.2) is 14.8 Å². The molecular weight excluding hydrogens is 661 g/mol. The van der Waals surface area contributed by atoms with Crippen LogP contribution in [-0.4, -0.2) is 51.0 Å². The molecule has 1 aliphatic rings. The first-order valence-electron chi connectivity index (χ1n) is 18.1. The highest BCUT2D eigenvalue weighted by Gasteiger charge is 2.44. The lowest BCUT2D eigenvalue weighted by Crippen LogP contribution is -2.58. The normalized spacial score (nSPS) is 14.5. The third-order valence-corrected chi connectivity index (χ3v) is 10.9. The predicted molar refractivity (Wildman–Crippen MR) is 202 cm³/mol. The molecule has 10 heteroatoms. The van der Waals surface area contributed by atoms with Crippen molar-refractivity contribution in [3.63, 3.8) is 0 Å². The number of carbonyl (C=O) groups is 3. The second-order valence-electron chi connectivity index (χ2n) is 14.5. The zero-order valence-electron chi connectivity index (χ0n) is 30.2. The van der Waals surface area contributed by atoms with Crippen molar-refractivity contribution in [1.29, 1.82) is 0 Å². The highest BCUT2D eigenvalue weighted by Crippen LogP contribution is 2.31. The van der Waals surface area contributed by atoms with Crippen molar-refractivity contribution in [2.45, 2.75) is 109 Å². The summed E-state index contributed by atoms with van der Waals surface area (Å²) < 4.78 is 5.90. The van der Waals surface area contributed by atoms with Crippen molar-refractivity contribution in [2.75, 3.05) is 6.61 Å². The summed E-state index contributed by atoms with van der Waals surface area (Å²) in [6.07, 6.45) is 12.0. The van der Waals surface area contributed by atoms with E-state index >= 15 is 0 Å². The molecule has 1 saturated carbocycles. The lowest BCUT2D eigenvalue weighted by atomic mass is 9.95. The number of hydrogen-bond acceptors (Lipinski definition) is 7. The molecule has 9 nitrogen and oxygen atoms in total. The zero-order valence-corrected chi connectivity index (χ0v) is 31.0. The summed E-state index contributed by atoms with van der Waals surface area (Å²) in [7, 11) is 0. The first kappa shape index (κ1) is 37.7. The summed E-state index contributed by atoms with van der Waals surface area (Å²) in [5, 5.41) is 15.7. The summed E-state index contributed by atoms with van der Waals surface area (Å²) in [4.78, 5) is 50.1. The Balaban J connectivity index is 1.25. The summed E-state index contributed by atoms with van der Waals surface area (Å²) in [5.74, 6) is -0.502. The third-order valence-electron chi connectivity index (χ3n) is 9.43. The quantitative estimate of drug-likeness (QED) is 0.0996. The molecule has 4 aromatic rings. The second kappa shape index (κ2) is 17.1. The largest absolute Gasteiger partial charge is 0.494 e. The predicted octanol–water partition coefficient (Wildman–Crippen LogP) is 8.37. The van der Waals surface area contributed by atoms with Crippen molar-refractivity contribution >= 4 is 29.1 Å². The molecule has 270 valence electrons. The van der Waals surface area contributed by atoms with Gasteiger partial charge in [0, 0.05) is 34.8 Å². The second-order valence-corrected chi connectivity index (χ2v) is 15.6. The number of aliphatic carboxylic acids is 1. The topological polar surface area (TPSA) is 131 Å². The van der Waals surface area contributed by atoms with Crippen LogP contribution in [0.25, 0.3) is 22.5 Å². The summed E-state index contributed by atoms with van der Waals surface area (Å²) in [6.45, 7) is 9.18. The molecule has 0 radical (unpaired) electrons. The van der Waals surface area contributed by atoms with Gasteiger partial charge in [0.2, 0.25) is 5.91 Å². The van der Waals surface area contributed by atoms with Crippen LogP contribution < -0.4 is 15.4 Å². The number of carboxylic acids is 1. The number of carboxylic acid groups (broad SMARTS) is 1. The number of ether oxygens (including phenoxy) is 1. The number of hydrogen-bond donors (Lipinski definition) is 3. The fourth-order valence-electron chi connectivity index (χ4n) is 6.29. The van der Waals surface area contributed by atoms with Crippen LogP contribution in [0.4, 0.5) is 0 Å². The fourth-order valence-corrected chi connectivity index (χ4v) is 7.25. The molecule has 0 bridgehead atoms. The Morgan fingerprint density at radius 1 is 0.863 bits per heavy atom. The van der Waals surface area contributed by atoms with Gasteiger partial charge >= 0.3 is 5.97 Å². The van der Waals surface area contributed by atoms with Crippen molar-refractivity contribution < 1.29 is 24.2 Å². The molecule has 2 heterocycles. The molecular formula is C41H50N4O5S. The molecule has 1 aliphatic carbocycles. The first-order valence-corrected chi connectivity index (χ1v) is 18.9. The van der Waals surface area contributed by atoms with Gasteiger partial charge < -0.3 is 20.5 Å². The molecule has 2 aromatic heterocycles. The molecule has 5 rings (SSSR count). The number of benzene rings is 2. The molecule has 1 fully saturated rings. The highest BCUT2D eigenvalue weighted by atomic mass is 32.1. The lowest BCUT2D eigenvalue weighted by molar-refractivity contribution is -0.147. The average Bonchev–Trinajstić information content (AvgIpc) is 3.82. The lowest BCUT2D eigenvalue weighted by Gasteiger charge is -2.28. The Morgan fingerprint density at radius 2 is 1.51 bits per heavy atom. The summed E-state index contributed by atoms with van der Waals surface area (Å²) in [5.41, 5.74) is 2.07. The van der Waals surface area contributed by atoms with Crippen molar-refractivity contribution in [1.82, 2.24) is 20.6 Å². The number of thiophene rings is 1. The van der Waals surface area contributed by atoms with Crippen LogP contribution in [0, 0.1) is 0 Å². The monoisotopic (exact) mass is 710 g/mol. The molecule has 1 atom stereocenters.